The van der Waals surface area contributed by atoms with E-state index >= 15 is 0 Å². The molecule has 1 N–H and O–H groups in total. The van der Waals surface area contributed by atoms with E-state index < -0.39 is 0 Å². The maximum Gasteiger partial charge on any atom is 0.146 e. The first-order chi connectivity index (χ1) is 11.7. The van der Waals surface area contributed by atoms with Gasteiger partial charge in [-0.15, -0.1) is 0 Å². The van der Waals surface area contributed by atoms with Crippen LogP contribution in [-0.2, 0) is 9.53 Å². The number of ether oxygens (including phenoxy) is 1. The number of nitrogens with one attached hydrogen (secondary N) is 1. The van der Waals surface area contributed by atoms with E-state index in [-0.39, 0.29) is 0 Å². The standard InChI is InChI=1S/C20H34N2O2/c1-4-6-19(23)14-22(15-21-11-5-2)18-9-7-17-13-20(24-3)10-8-16(17)12-18/h13,18,21H,4-12,14-15H2,1-3H3/t18-/m0/s1. The van der Waals surface area contributed by atoms with Crippen molar-refractivity contribution in [1.29, 1.82) is 0 Å². The Bertz CT molecular complexity index is 482. The highest BCUT2D eigenvalue weighted by molar-refractivity contribution is 5.80. The highest BCUT2D eigenvalue weighted by atomic mass is 16.5. The summed E-state index contributed by atoms with van der Waals surface area (Å²) in [6, 6.07) is 0.492. The van der Waals surface area contributed by atoms with E-state index in [0.717, 1.165) is 63.9 Å². The number of carbonyl (C=O) groups excluding carboxylic acids is 1. The molecule has 0 unspecified atom stereocenters. The third-order valence-electron chi connectivity index (χ3n) is 5.12. The number of carbonyl (C=O) groups is 1. The van der Waals surface area contributed by atoms with Crippen LogP contribution in [0.5, 0.6) is 0 Å². The van der Waals surface area contributed by atoms with Gasteiger partial charge in [-0.3, -0.25) is 9.69 Å². The highest BCUT2D eigenvalue weighted by Gasteiger charge is 2.28. The lowest BCUT2D eigenvalue weighted by Gasteiger charge is -2.37. The number of hydrogen-bond acceptors (Lipinski definition) is 4. The number of nitrogens with zero attached hydrogens (tertiary/aromatic N) is 1. The monoisotopic (exact) mass is 334 g/mol. The summed E-state index contributed by atoms with van der Waals surface area (Å²) in [5.74, 6) is 1.49. The van der Waals surface area contributed by atoms with Gasteiger partial charge in [-0.25, -0.2) is 0 Å². The number of hydrogen-bond donors (Lipinski definition) is 1. The summed E-state index contributed by atoms with van der Waals surface area (Å²) >= 11 is 0. The molecule has 0 fully saturated rings. The third-order valence-corrected chi connectivity index (χ3v) is 5.12. The summed E-state index contributed by atoms with van der Waals surface area (Å²) in [5, 5.41) is 3.49. The van der Waals surface area contributed by atoms with Gasteiger partial charge in [0, 0.05) is 25.6 Å². The topological polar surface area (TPSA) is 41.6 Å². The van der Waals surface area contributed by atoms with Crippen LogP contribution in [0.4, 0.5) is 0 Å². The van der Waals surface area contributed by atoms with Crippen LogP contribution >= 0.6 is 0 Å². The Hall–Kier alpha value is -1.13. The number of Topliss-reactive ketones (excluding diaryl/α,β-unsaturated/α-hetero) is 1. The molecule has 24 heavy (non-hydrogen) atoms. The summed E-state index contributed by atoms with van der Waals surface area (Å²) in [5.41, 5.74) is 3.06. The zero-order valence-corrected chi connectivity index (χ0v) is 15.7. The average molecular weight is 335 g/mol. The summed E-state index contributed by atoms with van der Waals surface area (Å²) in [4.78, 5) is 14.6. The lowest BCUT2D eigenvalue weighted by atomic mass is 9.82. The highest BCUT2D eigenvalue weighted by Crippen LogP contribution is 2.36. The van der Waals surface area contributed by atoms with Gasteiger partial charge in [0.1, 0.15) is 5.78 Å². The molecular weight excluding hydrogens is 300 g/mol. The van der Waals surface area contributed by atoms with E-state index in [1.807, 2.05) is 0 Å². The second-order valence-electron chi connectivity index (χ2n) is 7.03. The molecule has 0 spiro atoms. The average Bonchev–Trinajstić information content (AvgIpc) is 2.60. The van der Waals surface area contributed by atoms with Crippen LogP contribution in [0.3, 0.4) is 0 Å². The smallest absolute Gasteiger partial charge is 0.146 e. The Balaban J connectivity index is 2.00. The van der Waals surface area contributed by atoms with E-state index in [0.29, 0.717) is 24.8 Å². The largest absolute Gasteiger partial charge is 0.501 e. The van der Waals surface area contributed by atoms with Crippen molar-refractivity contribution in [2.45, 2.75) is 71.3 Å². The van der Waals surface area contributed by atoms with Crippen LogP contribution in [0.2, 0.25) is 0 Å². The van der Waals surface area contributed by atoms with E-state index in [9.17, 15) is 4.79 Å². The second-order valence-corrected chi connectivity index (χ2v) is 7.03. The zero-order chi connectivity index (χ0) is 17.4. The number of ketones is 1. The van der Waals surface area contributed by atoms with Crippen LogP contribution < -0.4 is 5.32 Å². The van der Waals surface area contributed by atoms with Gasteiger partial charge in [0.05, 0.1) is 19.4 Å². The van der Waals surface area contributed by atoms with Crippen molar-refractivity contribution in [2.75, 3.05) is 26.9 Å². The Labute approximate surface area is 147 Å². The van der Waals surface area contributed by atoms with Crippen molar-refractivity contribution in [1.82, 2.24) is 10.2 Å². The van der Waals surface area contributed by atoms with Crippen molar-refractivity contribution >= 4 is 5.78 Å². The Morgan fingerprint density at radius 1 is 1.29 bits per heavy atom. The minimum absolute atomic E-state index is 0.376. The van der Waals surface area contributed by atoms with Crippen LogP contribution in [-0.4, -0.2) is 43.6 Å². The quantitative estimate of drug-likeness (QED) is 0.487. The summed E-state index contributed by atoms with van der Waals surface area (Å²) in [7, 11) is 1.77. The predicted molar refractivity (Wildman–Crippen MR) is 98.8 cm³/mol. The maximum atomic E-state index is 12.2. The molecule has 4 nitrogen and oxygen atoms in total. The first kappa shape index (κ1) is 19.2. The second kappa shape index (κ2) is 10.00. The molecule has 0 radical (unpaired) electrons. The molecule has 2 rings (SSSR count). The van der Waals surface area contributed by atoms with Crippen molar-refractivity contribution < 1.29 is 9.53 Å². The van der Waals surface area contributed by atoms with Gasteiger partial charge in [-0.1, -0.05) is 19.4 Å². The number of allylic oxidation sites excluding steroid dienone is 3. The van der Waals surface area contributed by atoms with Crippen LogP contribution in [0.15, 0.2) is 23.0 Å². The molecule has 4 heteroatoms. The van der Waals surface area contributed by atoms with Gasteiger partial charge in [0.25, 0.3) is 0 Å². The Morgan fingerprint density at radius 2 is 2.12 bits per heavy atom. The molecule has 1 atom stereocenters. The van der Waals surface area contributed by atoms with Crippen LogP contribution in [0.25, 0.3) is 0 Å². The fourth-order valence-electron chi connectivity index (χ4n) is 3.76. The van der Waals surface area contributed by atoms with Gasteiger partial charge < -0.3 is 10.1 Å². The van der Waals surface area contributed by atoms with Crippen molar-refractivity contribution in [3.63, 3.8) is 0 Å². The first-order valence-corrected chi connectivity index (χ1v) is 9.59. The van der Waals surface area contributed by atoms with Gasteiger partial charge in [-0.2, -0.15) is 0 Å². The molecule has 0 heterocycles. The molecule has 0 amide bonds. The molecule has 2 aliphatic carbocycles. The Morgan fingerprint density at radius 3 is 2.83 bits per heavy atom. The fourth-order valence-corrected chi connectivity index (χ4v) is 3.76. The van der Waals surface area contributed by atoms with Gasteiger partial charge in [-0.05, 0) is 56.7 Å². The molecule has 0 aliphatic heterocycles. The van der Waals surface area contributed by atoms with Crippen molar-refractivity contribution in [3.05, 3.63) is 23.0 Å². The minimum Gasteiger partial charge on any atom is -0.501 e. The SMILES string of the molecule is CCCNCN(CC(=O)CCC)[C@H]1CCC2=C(CCC(OC)=C2)C1. The normalized spacial score (nSPS) is 20.8. The molecule has 0 aromatic heterocycles. The van der Waals surface area contributed by atoms with Gasteiger partial charge >= 0.3 is 0 Å². The summed E-state index contributed by atoms with van der Waals surface area (Å²) in [6.45, 7) is 6.70. The zero-order valence-electron chi connectivity index (χ0n) is 15.7. The molecule has 0 bridgehead atoms. The van der Waals surface area contributed by atoms with E-state index in [4.69, 9.17) is 4.74 Å². The molecule has 0 aromatic rings. The summed E-state index contributed by atoms with van der Waals surface area (Å²) < 4.78 is 5.42. The van der Waals surface area contributed by atoms with Crippen molar-refractivity contribution in [2.24, 2.45) is 0 Å². The molecular formula is C20H34N2O2. The molecule has 2 aliphatic rings. The van der Waals surface area contributed by atoms with Gasteiger partial charge in [0.2, 0.25) is 0 Å². The third kappa shape index (κ3) is 5.45. The molecule has 0 aromatic carbocycles. The molecule has 0 saturated heterocycles. The minimum atomic E-state index is 0.376. The number of rotatable bonds is 10. The molecule has 0 saturated carbocycles. The lowest BCUT2D eigenvalue weighted by molar-refractivity contribution is -0.121. The van der Waals surface area contributed by atoms with Crippen LogP contribution in [0.1, 0.15) is 65.2 Å². The maximum absolute atomic E-state index is 12.2. The summed E-state index contributed by atoms with van der Waals surface area (Å²) in [6.07, 6.45) is 10.5. The Kier molecular flexibility index (Phi) is 8.00. The van der Waals surface area contributed by atoms with Gasteiger partial charge in [0.15, 0.2) is 0 Å². The van der Waals surface area contributed by atoms with Crippen LogP contribution in [0, 0.1) is 0 Å². The van der Waals surface area contributed by atoms with E-state index in [1.54, 1.807) is 12.7 Å². The van der Waals surface area contributed by atoms with E-state index in [2.05, 4.69) is 30.1 Å². The van der Waals surface area contributed by atoms with E-state index in [1.165, 1.54) is 5.57 Å². The predicted octanol–water partition coefficient (Wildman–Crippen LogP) is 3.79. The lowest BCUT2D eigenvalue weighted by Crippen LogP contribution is -2.46. The number of methoxy groups -OCH3 is 1. The first-order valence-electron chi connectivity index (χ1n) is 9.59. The fraction of sp³-hybridized carbons (Fsp3) is 0.750. The van der Waals surface area contributed by atoms with Crippen molar-refractivity contribution in [3.8, 4) is 0 Å². The molecule has 136 valence electrons.